The predicted octanol–water partition coefficient (Wildman–Crippen LogP) is 8.02. The van der Waals surface area contributed by atoms with Crippen molar-refractivity contribution in [3.05, 3.63) is 76.4 Å². The van der Waals surface area contributed by atoms with E-state index in [1.165, 1.54) is 5.56 Å². The molecule has 0 aliphatic carbocycles. The minimum atomic E-state index is -1.15. The number of aryl methyl sites for hydroxylation is 2. The Balaban J connectivity index is 1.46. The summed E-state index contributed by atoms with van der Waals surface area (Å²) in [5, 5.41) is 17.5. The number of rotatable bonds is 7. The van der Waals surface area contributed by atoms with Crippen LogP contribution in [0.2, 0.25) is 5.02 Å². The summed E-state index contributed by atoms with van der Waals surface area (Å²) in [6.45, 7) is 14.6. The van der Waals surface area contributed by atoms with E-state index in [1.807, 2.05) is 76.0 Å². The second kappa shape index (κ2) is 12.0. The van der Waals surface area contributed by atoms with Gasteiger partial charge >= 0.3 is 5.97 Å². The number of hydrogen-bond acceptors (Lipinski definition) is 7. The molecular formula is C35H40ClN5O3S. The third-order valence-corrected chi connectivity index (χ3v) is 9.92. The summed E-state index contributed by atoms with van der Waals surface area (Å²) >= 11 is 7.90. The number of anilines is 1. The van der Waals surface area contributed by atoms with Gasteiger partial charge in [0.25, 0.3) is 0 Å². The van der Waals surface area contributed by atoms with Crippen molar-refractivity contribution in [2.75, 3.05) is 24.5 Å². The fraction of sp³-hybridized carbons (Fsp3) is 0.400. The quantitative estimate of drug-likeness (QED) is 0.192. The van der Waals surface area contributed by atoms with Crippen LogP contribution in [0, 0.1) is 6.92 Å². The molecule has 45 heavy (non-hydrogen) atoms. The van der Waals surface area contributed by atoms with Crippen molar-refractivity contribution in [3.8, 4) is 11.1 Å². The van der Waals surface area contributed by atoms with E-state index in [4.69, 9.17) is 21.3 Å². The smallest absolute Gasteiger partial charge is 0.337 e. The molecule has 1 unspecified atom stereocenters. The topological polar surface area (TPSA) is 83.7 Å². The number of aromatic nitrogens is 3. The van der Waals surface area contributed by atoms with Crippen LogP contribution in [0.4, 0.5) is 5.13 Å². The molecule has 5 aromatic rings. The molecule has 0 spiro atoms. The molecule has 3 heterocycles. The first kappa shape index (κ1) is 31.5. The van der Waals surface area contributed by atoms with Crippen LogP contribution in [-0.4, -0.2) is 62.0 Å². The van der Waals surface area contributed by atoms with E-state index in [1.54, 1.807) is 11.3 Å². The number of piperazine rings is 1. The second-order valence-electron chi connectivity index (χ2n) is 13.2. The summed E-state index contributed by atoms with van der Waals surface area (Å²) in [4.78, 5) is 22.8. The van der Waals surface area contributed by atoms with Crippen LogP contribution in [0.15, 0.2) is 54.7 Å². The molecule has 0 saturated carbocycles. The van der Waals surface area contributed by atoms with Gasteiger partial charge in [-0.05, 0) is 88.6 Å². The molecule has 2 aromatic heterocycles. The Bertz CT molecular complexity index is 1870. The molecule has 1 saturated heterocycles. The Morgan fingerprint density at radius 2 is 1.84 bits per heavy atom. The van der Waals surface area contributed by atoms with Crippen LogP contribution in [-0.2, 0) is 16.6 Å². The predicted molar refractivity (Wildman–Crippen MR) is 184 cm³/mol. The number of halogens is 1. The van der Waals surface area contributed by atoms with E-state index < -0.39 is 17.7 Å². The van der Waals surface area contributed by atoms with E-state index in [0.717, 1.165) is 62.6 Å². The normalized spacial score (nSPS) is 17.1. The SMILES string of the molecule is Cc1cc2nc(N3CCN(C(C)C)C(c4ccc5c(cnn5C)c4)C3)sc2c(-c2ccc(Cl)cc2)c1[C@H](OC(C)(C)C)C(=O)O. The highest BCUT2D eigenvalue weighted by Gasteiger charge is 2.34. The molecule has 1 N–H and O–H groups in total. The van der Waals surface area contributed by atoms with Gasteiger partial charge in [-0.2, -0.15) is 5.10 Å². The number of ether oxygens (including phenoxy) is 1. The fourth-order valence-corrected chi connectivity index (χ4v) is 7.72. The summed E-state index contributed by atoms with van der Waals surface area (Å²) in [6, 6.07) is 16.8. The standard InChI is InChI=1S/C35H40ClN5O3S/c1-20(2)41-15-14-40(19-28(41)23-10-13-27-24(17-23)18-37-39(27)7)34-38-26-16-21(3)29(31(33(42)43)44-35(4,5)6)30(32(26)45-34)22-8-11-25(36)12-9-22/h8-13,16-18,20,28,31H,14-15,19H2,1-7H3,(H,42,43)/t28?,31-/m0/s1. The van der Waals surface area contributed by atoms with Crippen molar-refractivity contribution >= 4 is 55.2 Å². The molecule has 2 atom stereocenters. The van der Waals surface area contributed by atoms with Crippen LogP contribution in [0.25, 0.3) is 32.2 Å². The van der Waals surface area contributed by atoms with Crippen molar-refractivity contribution in [2.24, 2.45) is 7.05 Å². The molecule has 0 radical (unpaired) electrons. The first-order chi connectivity index (χ1) is 21.3. The molecule has 0 amide bonds. The Kier molecular flexibility index (Phi) is 8.41. The molecule has 1 aliphatic rings. The molecule has 3 aromatic carbocycles. The maximum atomic E-state index is 12.7. The zero-order chi connectivity index (χ0) is 32.2. The van der Waals surface area contributed by atoms with Crippen molar-refractivity contribution in [1.29, 1.82) is 0 Å². The third kappa shape index (κ3) is 6.19. The summed E-state index contributed by atoms with van der Waals surface area (Å²) in [7, 11) is 1.97. The largest absolute Gasteiger partial charge is 0.479 e. The van der Waals surface area contributed by atoms with Gasteiger partial charge in [0.2, 0.25) is 0 Å². The summed E-state index contributed by atoms with van der Waals surface area (Å²) < 4.78 is 9.04. The van der Waals surface area contributed by atoms with Crippen LogP contribution in [0.5, 0.6) is 0 Å². The zero-order valence-electron chi connectivity index (χ0n) is 26.8. The number of carboxylic acids is 1. The molecule has 1 aliphatic heterocycles. The van der Waals surface area contributed by atoms with Crippen LogP contribution >= 0.6 is 22.9 Å². The van der Waals surface area contributed by atoms with Gasteiger partial charge in [0.1, 0.15) is 0 Å². The van der Waals surface area contributed by atoms with Crippen LogP contribution in [0.3, 0.4) is 0 Å². The number of carboxylic acid groups (broad SMARTS) is 1. The Hall–Kier alpha value is -3.50. The summed E-state index contributed by atoms with van der Waals surface area (Å²) in [5.74, 6) is -1.02. The van der Waals surface area contributed by atoms with Crippen molar-refractivity contribution in [2.45, 2.75) is 65.3 Å². The molecule has 6 rings (SSSR count). The van der Waals surface area contributed by atoms with E-state index in [9.17, 15) is 9.90 Å². The van der Waals surface area contributed by atoms with Gasteiger partial charge in [-0.1, -0.05) is 41.1 Å². The lowest BCUT2D eigenvalue weighted by Gasteiger charge is -2.43. The molecule has 8 nitrogen and oxygen atoms in total. The van der Waals surface area contributed by atoms with Crippen molar-refractivity contribution in [1.82, 2.24) is 19.7 Å². The lowest BCUT2D eigenvalue weighted by molar-refractivity contribution is -0.160. The van der Waals surface area contributed by atoms with E-state index in [2.05, 4.69) is 46.9 Å². The number of nitrogens with zero attached hydrogens (tertiary/aromatic N) is 5. The van der Waals surface area contributed by atoms with Gasteiger partial charge in [-0.15, -0.1) is 0 Å². The molecule has 1 fully saturated rings. The monoisotopic (exact) mass is 645 g/mol. The Labute approximate surface area is 273 Å². The average molecular weight is 646 g/mol. The number of hydrogen-bond donors (Lipinski definition) is 1. The lowest BCUT2D eigenvalue weighted by Crippen LogP contribution is -2.50. The highest BCUT2D eigenvalue weighted by atomic mass is 35.5. The average Bonchev–Trinajstić information content (AvgIpc) is 3.58. The fourth-order valence-electron chi connectivity index (χ4n) is 6.44. The maximum Gasteiger partial charge on any atom is 0.337 e. The van der Waals surface area contributed by atoms with E-state index >= 15 is 0 Å². The number of fused-ring (bicyclic) bond motifs is 2. The number of aliphatic carboxylic acids is 1. The van der Waals surface area contributed by atoms with Gasteiger partial charge in [-0.25, -0.2) is 9.78 Å². The highest BCUT2D eigenvalue weighted by Crippen LogP contribution is 2.45. The minimum absolute atomic E-state index is 0.181. The molecule has 10 heteroatoms. The van der Waals surface area contributed by atoms with Gasteiger partial charge < -0.3 is 14.7 Å². The maximum absolute atomic E-state index is 12.7. The third-order valence-electron chi connectivity index (χ3n) is 8.52. The van der Waals surface area contributed by atoms with Gasteiger partial charge in [0.15, 0.2) is 11.2 Å². The number of carbonyl (C=O) groups is 1. The number of thiazole rings is 1. The summed E-state index contributed by atoms with van der Waals surface area (Å²) in [5.41, 5.74) is 5.76. The lowest BCUT2D eigenvalue weighted by atomic mass is 9.91. The van der Waals surface area contributed by atoms with Gasteiger partial charge in [0.05, 0.1) is 33.6 Å². The Morgan fingerprint density at radius 3 is 2.51 bits per heavy atom. The van der Waals surface area contributed by atoms with E-state index in [0.29, 0.717) is 16.6 Å². The molecule has 236 valence electrons. The molecule has 0 bridgehead atoms. The van der Waals surface area contributed by atoms with Crippen molar-refractivity contribution < 1.29 is 14.6 Å². The van der Waals surface area contributed by atoms with Gasteiger partial charge in [-0.3, -0.25) is 9.58 Å². The van der Waals surface area contributed by atoms with Crippen molar-refractivity contribution in [3.63, 3.8) is 0 Å². The summed E-state index contributed by atoms with van der Waals surface area (Å²) in [6.07, 6.45) is 0.783. The van der Waals surface area contributed by atoms with Gasteiger partial charge in [0, 0.05) is 54.3 Å². The first-order valence-corrected chi connectivity index (χ1v) is 16.5. The highest BCUT2D eigenvalue weighted by molar-refractivity contribution is 7.22. The van der Waals surface area contributed by atoms with Crippen LogP contribution in [0.1, 0.15) is 63.5 Å². The zero-order valence-corrected chi connectivity index (χ0v) is 28.4. The van der Waals surface area contributed by atoms with Crippen LogP contribution < -0.4 is 4.90 Å². The minimum Gasteiger partial charge on any atom is -0.479 e. The second-order valence-corrected chi connectivity index (χ2v) is 14.6. The van der Waals surface area contributed by atoms with E-state index in [-0.39, 0.29) is 6.04 Å². The number of benzene rings is 3. The molecular weight excluding hydrogens is 606 g/mol. The Morgan fingerprint density at radius 1 is 1.11 bits per heavy atom. The first-order valence-electron chi connectivity index (χ1n) is 15.3.